The minimum atomic E-state index is -1.72. The van der Waals surface area contributed by atoms with Gasteiger partial charge in [0.15, 0.2) is 0 Å². The van der Waals surface area contributed by atoms with Crippen LogP contribution in [0.3, 0.4) is 0 Å². The van der Waals surface area contributed by atoms with Gasteiger partial charge in [0.2, 0.25) is 0 Å². The summed E-state index contributed by atoms with van der Waals surface area (Å²) in [5.74, 6) is 0. The van der Waals surface area contributed by atoms with Crippen LogP contribution in [-0.2, 0) is 0 Å². The summed E-state index contributed by atoms with van der Waals surface area (Å²) >= 11 is 3.82. The van der Waals surface area contributed by atoms with Crippen LogP contribution in [0.25, 0.3) is 0 Å². The fraction of sp³-hybridized carbons (Fsp3) is 0. The van der Waals surface area contributed by atoms with Crippen molar-refractivity contribution >= 4 is 53.1 Å². The van der Waals surface area contributed by atoms with Gasteiger partial charge in [-0.1, -0.05) is 29.8 Å². The maximum atomic E-state index is 5.54. The van der Waals surface area contributed by atoms with Gasteiger partial charge in [0.1, 0.15) is 0 Å². The van der Waals surface area contributed by atoms with Gasteiger partial charge in [-0.3, -0.25) is 0 Å². The third kappa shape index (κ3) is 10.9. The van der Waals surface area contributed by atoms with E-state index in [0.717, 1.165) is 5.02 Å². The van der Waals surface area contributed by atoms with E-state index >= 15 is 0 Å². The summed E-state index contributed by atoms with van der Waals surface area (Å²) in [5.41, 5.74) is 0. The van der Waals surface area contributed by atoms with Crippen LogP contribution >= 0.6 is 41.7 Å². The van der Waals surface area contributed by atoms with Gasteiger partial charge in [-0.15, -0.1) is 0 Å². The van der Waals surface area contributed by atoms with Gasteiger partial charge in [-0.05, 0) is 12.1 Å². The van der Waals surface area contributed by atoms with Crippen molar-refractivity contribution in [2.24, 2.45) is 0 Å². The lowest BCUT2D eigenvalue weighted by molar-refractivity contribution is 1.71. The molecule has 60 valence electrons. The Balaban J connectivity index is 0.000000218. The highest BCUT2D eigenvalue weighted by Crippen LogP contribution is 2.03. The number of benzene rings is 1. The van der Waals surface area contributed by atoms with Crippen LogP contribution in [0.5, 0.6) is 0 Å². The van der Waals surface area contributed by atoms with Crippen molar-refractivity contribution < 1.29 is 0 Å². The Kier molecular flexibility index (Phi) is 8.18. The summed E-state index contributed by atoms with van der Waals surface area (Å²) in [6.07, 6.45) is 0. The van der Waals surface area contributed by atoms with Gasteiger partial charge in [0.25, 0.3) is 0 Å². The van der Waals surface area contributed by atoms with E-state index in [1.807, 2.05) is 30.3 Å². The van der Waals surface area contributed by atoms with E-state index in [1.165, 1.54) is 0 Å². The van der Waals surface area contributed by atoms with Crippen LogP contribution < -0.4 is 0 Å². The molecule has 0 amide bonds. The van der Waals surface area contributed by atoms with Gasteiger partial charge < -0.3 is 0 Å². The first kappa shape index (κ1) is 11.9. The maximum absolute atomic E-state index is 5.54. The molecule has 0 aliphatic rings. The Bertz CT molecular complexity index is 174. The van der Waals surface area contributed by atoms with Crippen molar-refractivity contribution in [3.05, 3.63) is 35.4 Å². The molecule has 0 spiro atoms. The number of rotatable bonds is 0. The topological polar surface area (TPSA) is 0 Å². The molecule has 0 bridgehead atoms. The molecule has 1 aromatic carbocycles. The van der Waals surface area contributed by atoms with Crippen LogP contribution in [0.4, 0.5) is 0 Å². The minimum Gasteiger partial charge on any atom is -0.214 e. The molecule has 0 radical (unpaired) electrons. The van der Waals surface area contributed by atoms with E-state index in [0.29, 0.717) is 0 Å². The van der Waals surface area contributed by atoms with E-state index in [-0.39, 0.29) is 0 Å². The quantitative estimate of drug-likeness (QED) is 0.606. The molecule has 0 saturated carbocycles. The van der Waals surface area contributed by atoms with Crippen molar-refractivity contribution in [2.75, 3.05) is 0 Å². The highest BCUT2D eigenvalue weighted by Gasteiger charge is 2.00. The molecule has 0 aromatic heterocycles. The Morgan fingerprint density at radius 3 is 1.45 bits per heavy atom. The fourth-order valence-electron chi connectivity index (χ4n) is 0.415. The normalized spacial score (nSPS) is 8.00. The van der Waals surface area contributed by atoms with E-state index in [2.05, 4.69) is 0 Å². The third-order valence-electron chi connectivity index (χ3n) is 0.733. The number of hydrogen-bond acceptors (Lipinski definition) is 0. The number of halogens is 4. The van der Waals surface area contributed by atoms with Crippen LogP contribution in [0.15, 0.2) is 30.3 Å². The summed E-state index contributed by atoms with van der Waals surface area (Å²) in [6, 6.07) is 9.44. The SMILES string of the molecule is Clc1ccccc1.[Cl][Al]([Cl])[Cl]. The molecule has 0 fully saturated rings. The summed E-state index contributed by atoms with van der Waals surface area (Å²) < 4.78 is 0. The molecule has 0 aliphatic heterocycles. The van der Waals surface area contributed by atoms with Gasteiger partial charge >= 0.3 is 11.4 Å². The molecule has 11 heavy (non-hydrogen) atoms. The van der Waals surface area contributed by atoms with Gasteiger partial charge in [0, 0.05) is 5.02 Å². The maximum Gasteiger partial charge on any atom is 0.643 e. The minimum absolute atomic E-state index is 0.794. The van der Waals surface area contributed by atoms with E-state index in [4.69, 9.17) is 41.7 Å². The second-order valence-electron chi connectivity index (χ2n) is 1.54. The molecule has 0 unspecified atom stereocenters. The zero-order valence-corrected chi connectivity index (χ0v) is 9.65. The van der Waals surface area contributed by atoms with Crippen LogP contribution in [-0.4, -0.2) is 11.4 Å². The van der Waals surface area contributed by atoms with E-state index in [9.17, 15) is 0 Å². The molecule has 0 atom stereocenters. The van der Waals surface area contributed by atoms with Crippen molar-refractivity contribution in [1.82, 2.24) is 0 Å². The Labute approximate surface area is 88.0 Å². The molecule has 0 nitrogen and oxygen atoms in total. The van der Waals surface area contributed by atoms with Gasteiger partial charge in [-0.25, -0.2) is 30.1 Å². The van der Waals surface area contributed by atoms with E-state index in [1.54, 1.807) is 0 Å². The first-order valence-electron chi connectivity index (χ1n) is 2.75. The molecular weight excluding hydrogens is 241 g/mol. The number of hydrogen-bond donors (Lipinski definition) is 0. The van der Waals surface area contributed by atoms with Crippen LogP contribution in [0.1, 0.15) is 0 Å². The van der Waals surface area contributed by atoms with Crippen molar-refractivity contribution in [2.45, 2.75) is 0 Å². The predicted molar refractivity (Wildman–Crippen MR) is 54.8 cm³/mol. The second kappa shape index (κ2) is 7.56. The average Bonchev–Trinajstić information content (AvgIpc) is 1.87. The molecule has 1 aromatic rings. The lowest BCUT2D eigenvalue weighted by Crippen LogP contribution is -1.66. The molecule has 0 N–H and O–H groups in total. The van der Waals surface area contributed by atoms with Crippen LogP contribution in [0, 0.1) is 0 Å². The third-order valence-corrected chi connectivity index (χ3v) is 0.985. The van der Waals surface area contributed by atoms with Crippen molar-refractivity contribution in [3.8, 4) is 0 Å². The van der Waals surface area contributed by atoms with Crippen molar-refractivity contribution in [1.29, 1.82) is 0 Å². The Morgan fingerprint density at radius 1 is 0.909 bits per heavy atom. The zero-order chi connectivity index (χ0) is 8.69. The van der Waals surface area contributed by atoms with Crippen LogP contribution in [0.2, 0.25) is 5.02 Å². The summed E-state index contributed by atoms with van der Waals surface area (Å²) in [7, 11) is 14.8. The summed E-state index contributed by atoms with van der Waals surface area (Å²) in [6.45, 7) is 0. The largest absolute Gasteiger partial charge is 0.643 e. The van der Waals surface area contributed by atoms with Gasteiger partial charge in [0.05, 0.1) is 0 Å². The predicted octanol–water partition coefficient (Wildman–Crippen LogP) is 4.03. The summed E-state index contributed by atoms with van der Waals surface area (Å²) in [4.78, 5) is 0. The molecule has 1 rings (SSSR count). The lowest BCUT2D eigenvalue weighted by atomic mass is 10.4. The molecule has 5 heteroatoms. The summed E-state index contributed by atoms with van der Waals surface area (Å²) in [5, 5.41) is 0.794. The zero-order valence-electron chi connectivity index (χ0n) is 5.48. The van der Waals surface area contributed by atoms with Gasteiger partial charge in [-0.2, -0.15) is 0 Å². The molecule has 0 heterocycles. The Morgan fingerprint density at radius 2 is 1.27 bits per heavy atom. The second-order valence-corrected chi connectivity index (χ2v) is 8.41. The Hall–Kier alpha value is 0.912. The monoisotopic (exact) mass is 244 g/mol. The molecule has 0 saturated heterocycles. The van der Waals surface area contributed by atoms with Crippen molar-refractivity contribution in [3.63, 3.8) is 0 Å². The average molecular weight is 246 g/mol. The molecule has 0 aliphatic carbocycles. The van der Waals surface area contributed by atoms with E-state index < -0.39 is 11.4 Å². The highest BCUT2D eigenvalue weighted by atomic mass is 35.8. The first-order chi connectivity index (χ1) is 5.13. The molecular formula is C6H5AlCl4. The lowest BCUT2D eigenvalue weighted by Gasteiger charge is -1.80. The standard InChI is InChI=1S/C6H5Cl.Al.3ClH/c7-6-4-2-1-3-5-6;;;;/h1-5H;;3*1H/q;+3;;;/p-3. The smallest absolute Gasteiger partial charge is 0.214 e. The fourth-order valence-corrected chi connectivity index (χ4v) is 0.560. The highest BCUT2D eigenvalue weighted by molar-refractivity contribution is 7.54. The first-order valence-corrected chi connectivity index (χ1v) is 8.37.